The van der Waals surface area contributed by atoms with Crippen molar-refractivity contribution in [3.63, 3.8) is 0 Å². The first-order valence-electron chi connectivity index (χ1n) is 7.03. The maximum Gasteiger partial charge on any atom is 0.253 e. The molecule has 0 spiro atoms. The van der Waals surface area contributed by atoms with Crippen molar-refractivity contribution < 1.29 is 9.90 Å². The molecule has 1 aliphatic carbocycles. The van der Waals surface area contributed by atoms with E-state index in [1.54, 1.807) is 18.3 Å². The van der Waals surface area contributed by atoms with Gasteiger partial charge in [0.2, 0.25) is 0 Å². The average molecular weight is 262 g/mol. The van der Waals surface area contributed by atoms with Gasteiger partial charge in [0.1, 0.15) is 0 Å². The molecular weight excluding hydrogens is 240 g/mol. The third-order valence-corrected chi connectivity index (χ3v) is 4.08. The molecule has 1 amide bonds. The van der Waals surface area contributed by atoms with Crippen LogP contribution < -0.4 is 5.32 Å². The molecule has 1 aliphatic rings. The first kappa shape index (κ1) is 14.0. The van der Waals surface area contributed by atoms with Gasteiger partial charge in [-0.15, -0.1) is 0 Å². The van der Waals surface area contributed by atoms with Gasteiger partial charge in [0, 0.05) is 25.0 Å². The SMILES string of the molecule is Cc1ncccc1C(=O)NCC1CCCCC1CO. The van der Waals surface area contributed by atoms with Crippen LogP contribution in [0.3, 0.4) is 0 Å². The molecule has 2 unspecified atom stereocenters. The predicted molar refractivity (Wildman–Crippen MR) is 73.8 cm³/mol. The Morgan fingerprint density at radius 3 is 2.84 bits per heavy atom. The van der Waals surface area contributed by atoms with Crippen molar-refractivity contribution >= 4 is 5.91 Å². The Bertz CT molecular complexity index is 434. The van der Waals surface area contributed by atoms with Gasteiger partial charge >= 0.3 is 0 Å². The predicted octanol–water partition coefficient (Wildman–Crippen LogP) is 1.92. The standard InChI is InChI=1S/C15H22N2O2/c1-11-14(7-4-8-16-11)15(19)17-9-12-5-2-3-6-13(12)10-18/h4,7-8,12-13,18H,2-3,5-6,9-10H2,1H3,(H,17,19). The molecule has 0 bridgehead atoms. The molecule has 1 fully saturated rings. The second-order valence-corrected chi connectivity index (χ2v) is 5.33. The topological polar surface area (TPSA) is 62.2 Å². The van der Waals surface area contributed by atoms with Crippen molar-refractivity contribution in [1.29, 1.82) is 0 Å². The Morgan fingerprint density at radius 1 is 1.42 bits per heavy atom. The number of aliphatic hydroxyl groups excluding tert-OH is 1. The van der Waals surface area contributed by atoms with Crippen LogP contribution in [0.4, 0.5) is 0 Å². The van der Waals surface area contributed by atoms with Crippen LogP contribution in [-0.2, 0) is 0 Å². The zero-order valence-corrected chi connectivity index (χ0v) is 11.4. The molecule has 2 rings (SSSR count). The molecule has 0 aromatic carbocycles. The molecular formula is C15H22N2O2. The first-order chi connectivity index (χ1) is 9.22. The fourth-order valence-electron chi connectivity index (χ4n) is 2.84. The maximum absolute atomic E-state index is 12.1. The number of nitrogens with one attached hydrogen (secondary N) is 1. The number of carbonyl (C=O) groups is 1. The lowest BCUT2D eigenvalue weighted by atomic mass is 9.79. The van der Waals surface area contributed by atoms with Crippen LogP contribution in [0, 0.1) is 18.8 Å². The third-order valence-electron chi connectivity index (χ3n) is 4.08. The number of hydrogen-bond acceptors (Lipinski definition) is 3. The van der Waals surface area contributed by atoms with E-state index in [0.717, 1.165) is 18.5 Å². The summed E-state index contributed by atoms with van der Waals surface area (Å²) in [5.41, 5.74) is 1.39. The number of rotatable bonds is 4. The van der Waals surface area contributed by atoms with Crippen LogP contribution >= 0.6 is 0 Å². The van der Waals surface area contributed by atoms with Crippen LogP contribution in [0.15, 0.2) is 18.3 Å². The van der Waals surface area contributed by atoms with Gasteiger partial charge in [0.05, 0.1) is 5.56 Å². The molecule has 1 saturated carbocycles. The Labute approximate surface area is 114 Å². The number of nitrogens with zero attached hydrogens (tertiary/aromatic N) is 1. The van der Waals surface area contributed by atoms with Crippen LogP contribution in [0.1, 0.15) is 41.7 Å². The Hall–Kier alpha value is -1.42. The van der Waals surface area contributed by atoms with Gasteiger partial charge in [-0.05, 0) is 43.7 Å². The normalized spacial score (nSPS) is 23.1. The van der Waals surface area contributed by atoms with E-state index in [0.29, 0.717) is 23.9 Å². The first-order valence-corrected chi connectivity index (χ1v) is 7.03. The monoisotopic (exact) mass is 262 g/mol. The van der Waals surface area contributed by atoms with Crippen molar-refractivity contribution in [2.75, 3.05) is 13.2 Å². The van der Waals surface area contributed by atoms with E-state index in [1.165, 1.54) is 12.8 Å². The fourth-order valence-corrected chi connectivity index (χ4v) is 2.84. The molecule has 2 N–H and O–H groups in total. The van der Waals surface area contributed by atoms with Crippen LogP contribution in [0.2, 0.25) is 0 Å². The van der Waals surface area contributed by atoms with E-state index >= 15 is 0 Å². The van der Waals surface area contributed by atoms with E-state index < -0.39 is 0 Å². The number of pyridine rings is 1. The molecule has 0 radical (unpaired) electrons. The van der Waals surface area contributed by atoms with Crippen molar-refractivity contribution in [2.45, 2.75) is 32.6 Å². The highest BCUT2D eigenvalue weighted by atomic mass is 16.3. The van der Waals surface area contributed by atoms with Gasteiger partial charge < -0.3 is 10.4 Å². The summed E-state index contributed by atoms with van der Waals surface area (Å²) in [6, 6.07) is 3.57. The second kappa shape index (κ2) is 6.66. The fraction of sp³-hybridized carbons (Fsp3) is 0.600. The Balaban J connectivity index is 1.91. The maximum atomic E-state index is 12.1. The number of aliphatic hydroxyl groups is 1. The van der Waals surface area contributed by atoms with Crippen molar-refractivity contribution in [2.24, 2.45) is 11.8 Å². The minimum atomic E-state index is -0.0622. The highest BCUT2D eigenvalue weighted by Crippen LogP contribution is 2.29. The van der Waals surface area contributed by atoms with Crippen LogP contribution in [-0.4, -0.2) is 29.1 Å². The summed E-state index contributed by atoms with van der Waals surface area (Å²) in [5.74, 6) is 0.677. The molecule has 2 atom stereocenters. The van der Waals surface area contributed by atoms with Gasteiger partial charge in [-0.25, -0.2) is 0 Å². The number of aryl methyl sites for hydroxylation is 1. The third kappa shape index (κ3) is 3.53. The van der Waals surface area contributed by atoms with E-state index in [4.69, 9.17) is 0 Å². The molecule has 1 aromatic rings. The molecule has 4 nitrogen and oxygen atoms in total. The molecule has 4 heteroatoms. The smallest absolute Gasteiger partial charge is 0.253 e. The summed E-state index contributed by atoms with van der Waals surface area (Å²) in [5, 5.41) is 12.3. The number of aromatic nitrogens is 1. The summed E-state index contributed by atoms with van der Waals surface area (Å²) in [6.45, 7) is 2.72. The second-order valence-electron chi connectivity index (χ2n) is 5.33. The van der Waals surface area contributed by atoms with Crippen LogP contribution in [0.25, 0.3) is 0 Å². The quantitative estimate of drug-likeness (QED) is 0.871. The molecule has 19 heavy (non-hydrogen) atoms. The minimum Gasteiger partial charge on any atom is -0.396 e. The Morgan fingerprint density at radius 2 is 2.16 bits per heavy atom. The molecule has 104 valence electrons. The molecule has 1 aromatic heterocycles. The summed E-state index contributed by atoms with van der Waals surface area (Å²) < 4.78 is 0. The zero-order valence-electron chi connectivity index (χ0n) is 11.4. The van der Waals surface area contributed by atoms with Gasteiger partial charge in [-0.3, -0.25) is 9.78 Å². The van der Waals surface area contributed by atoms with Gasteiger partial charge in [0.25, 0.3) is 5.91 Å². The van der Waals surface area contributed by atoms with Crippen molar-refractivity contribution in [3.8, 4) is 0 Å². The highest BCUT2D eigenvalue weighted by molar-refractivity contribution is 5.95. The van der Waals surface area contributed by atoms with E-state index in [2.05, 4.69) is 10.3 Å². The number of carbonyl (C=O) groups excluding carboxylic acids is 1. The summed E-state index contributed by atoms with van der Waals surface area (Å²) in [7, 11) is 0. The average Bonchev–Trinajstić information content (AvgIpc) is 2.45. The van der Waals surface area contributed by atoms with E-state index in [1.807, 2.05) is 6.92 Å². The number of amides is 1. The highest BCUT2D eigenvalue weighted by Gasteiger charge is 2.24. The van der Waals surface area contributed by atoms with E-state index in [-0.39, 0.29) is 12.5 Å². The molecule has 1 heterocycles. The van der Waals surface area contributed by atoms with E-state index in [9.17, 15) is 9.90 Å². The molecule has 0 aliphatic heterocycles. The van der Waals surface area contributed by atoms with Gasteiger partial charge in [-0.2, -0.15) is 0 Å². The lowest BCUT2D eigenvalue weighted by Gasteiger charge is -2.30. The van der Waals surface area contributed by atoms with Crippen LogP contribution in [0.5, 0.6) is 0 Å². The Kier molecular flexibility index (Phi) is 4.91. The summed E-state index contributed by atoms with van der Waals surface area (Å²) in [6.07, 6.45) is 6.25. The molecule has 0 saturated heterocycles. The van der Waals surface area contributed by atoms with Crippen molar-refractivity contribution in [3.05, 3.63) is 29.6 Å². The summed E-state index contributed by atoms with van der Waals surface area (Å²) in [4.78, 5) is 16.2. The van der Waals surface area contributed by atoms with Gasteiger partial charge in [-0.1, -0.05) is 12.8 Å². The lowest BCUT2D eigenvalue weighted by Crippen LogP contribution is -2.35. The summed E-state index contributed by atoms with van der Waals surface area (Å²) >= 11 is 0. The zero-order chi connectivity index (χ0) is 13.7. The lowest BCUT2D eigenvalue weighted by molar-refractivity contribution is 0.0908. The number of hydrogen-bond donors (Lipinski definition) is 2. The minimum absolute atomic E-state index is 0.0622. The van der Waals surface area contributed by atoms with Gasteiger partial charge in [0.15, 0.2) is 0 Å². The largest absolute Gasteiger partial charge is 0.396 e. The van der Waals surface area contributed by atoms with Crippen molar-refractivity contribution in [1.82, 2.24) is 10.3 Å².